The van der Waals surface area contributed by atoms with Crippen molar-refractivity contribution in [1.29, 1.82) is 0 Å². The average molecular weight is 268 g/mol. The smallest absolute Gasteiger partial charge is 0.401 e. The molecule has 0 heterocycles. The van der Waals surface area contributed by atoms with Gasteiger partial charge in [-0.2, -0.15) is 13.2 Å². The normalized spacial score (nSPS) is 19.7. The van der Waals surface area contributed by atoms with Crippen LogP contribution >= 0.6 is 0 Å². The summed E-state index contributed by atoms with van der Waals surface area (Å²) in [7, 11) is 1.21. The van der Waals surface area contributed by atoms with Gasteiger partial charge in [0.1, 0.15) is 5.54 Å². The number of hydrogen-bond acceptors (Lipinski definition) is 4. The van der Waals surface area contributed by atoms with Crippen molar-refractivity contribution in [2.75, 3.05) is 20.2 Å². The minimum absolute atomic E-state index is 0.0277. The summed E-state index contributed by atoms with van der Waals surface area (Å²) in [6.45, 7) is 0.665. The van der Waals surface area contributed by atoms with Crippen LogP contribution in [-0.2, 0) is 9.53 Å². The van der Waals surface area contributed by atoms with E-state index in [0.29, 0.717) is 0 Å². The third-order valence-electron chi connectivity index (χ3n) is 3.02. The number of nitrogens with zero attached hydrogens (tertiary/aromatic N) is 1. The number of alkyl halides is 3. The van der Waals surface area contributed by atoms with Crippen LogP contribution < -0.4 is 5.73 Å². The Morgan fingerprint density at radius 1 is 1.44 bits per heavy atom. The monoisotopic (exact) mass is 268 g/mol. The van der Waals surface area contributed by atoms with Gasteiger partial charge < -0.3 is 10.5 Å². The van der Waals surface area contributed by atoms with Gasteiger partial charge in [-0.1, -0.05) is 0 Å². The first-order valence-electron chi connectivity index (χ1n) is 5.84. The molecule has 0 aromatic carbocycles. The zero-order valence-corrected chi connectivity index (χ0v) is 10.6. The Hall–Kier alpha value is -0.820. The predicted molar refractivity (Wildman–Crippen MR) is 59.9 cm³/mol. The summed E-state index contributed by atoms with van der Waals surface area (Å²) in [5.74, 6) is -0.606. The maximum Gasteiger partial charge on any atom is 0.401 e. The summed E-state index contributed by atoms with van der Waals surface area (Å²) in [4.78, 5) is 12.7. The van der Waals surface area contributed by atoms with Gasteiger partial charge in [0.15, 0.2) is 0 Å². The van der Waals surface area contributed by atoms with Crippen molar-refractivity contribution in [3.8, 4) is 0 Å². The molecule has 7 heteroatoms. The van der Waals surface area contributed by atoms with E-state index in [4.69, 9.17) is 5.73 Å². The molecule has 0 saturated heterocycles. The zero-order chi connectivity index (χ0) is 14.0. The fourth-order valence-electron chi connectivity index (χ4n) is 1.77. The van der Waals surface area contributed by atoms with E-state index in [1.54, 1.807) is 0 Å². The molecule has 106 valence electrons. The second-order valence-corrected chi connectivity index (χ2v) is 4.98. The molecule has 1 aliphatic rings. The number of ether oxygens (including phenoxy) is 1. The quantitative estimate of drug-likeness (QED) is 0.738. The molecular weight excluding hydrogens is 249 g/mol. The Morgan fingerprint density at radius 3 is 2.39 bits per heavy atom. The lowest BCUT2D eigenvalue weighted by Gasteiger charge is -2.28. The summed E-state index contributed by atoms with van der Waals surface area (Å²) in [5.41, 5.74) is 4.48. The van der Waals surface area contributed by atoms with Crippen molar-refractivity contribution in [1.82, 2.24) is 4.90 Å². The number of esters is 1. The minimum atomic E-state index is -4.22. The first kappa shape index (κ1) is 15.2. The van der Waals surface area contributed by atoms with Crippen LogP contribution in [0.5, 0.6) is 0 Å². The Balaban J connectivity index is 2.50. The molecule has 0 spiro atoms. The Morgan fingerprint density at radius 2 is 2.00 bits per heavy atom. The highest BCUT2D eigenvalue weighted by Crippen LogP contribution is 2.30. The van der Waals surface area contributed by atoms with Crippen LogP contribution in [0.4, 0.5) is 13.2 Å². The van der Waals surface area contributed by atoms with Gasteiger partial charge in [-0.3, -0.25) is 9.69 Å². The van der Waals surface area contributed by atoms with Gasteiger partial charge in [0, 0.05) is 12.6 Å². The first-order valence-corrected chi connectivity index (χ1v) is 5.84. The van der Waals surface area contributed by atoms with Crippen molar-refractivity contribution < 1.29 is 22.7 Å². The van der Waals surface area contributed by atoms with Crippen molar-refractivity contribution in [3.63, 3.8) is 0 Å². The van der Waals surface area contributed by atoms with Gasteiger partial charge in [0.2, 0.25) is 0 Å². The maximum atomic E-state index is 12.4. The molecule has 0 aliphatic heterocycles. The second-order valence-electron chi connectivity index (χ2n) is 4.98. The fraction of sp³-hybridized carbons (Fsp3) is 0.909. The molecule has 2 N–H and O–H groups in total. The average Bonchev–Trinajstić information content (AvgIpc) is 3.05. The van der Waals surface area contributed by atoms with Crippen LogP contribution in [0.3, 0.4) is 0 Å². The Kier molecular flexibility index (Phi) is 4.61. The highest BCUT2D eigenvalue weighted by molar-refractivity contribution is 5.79. The third-order valence-corrected chi connectivity index (χ3v) is 3.02. The van der Waals surface area contributed by atoms with E-state index >= 15 is 0 Å². The number of halogens is 3. The lowest BCUT2D eigenvalue weighted by molar-refractivity contribution is -0.150. The molecule has 1 fully saturated rings. The molecule has 18 heavy (non-hydrogen) atoms. The van der Waals surface area contributed by atoms with Crippen LogP contribution in [0.1, 0.15) is 26.2 Å². The molecule has 0 amide bonds. The van der Waals surface area contributed by atoms with E-state index in [0.717, 1.165) is 12.8 Å². The molecular formula is C11H19F3N2O2. The van der Waals surface area contributed by atoms with Crippen LogP contribution in [0, 0.1) is 0 Å². The highest BCUT2D eigenvalue weighted by Gasteiger charge is 2.39. The lowest BCUT2D eigenvalue weighted by atomic mass is 9.99. The molecule has 1 unspecified atom stereocenters. The number of hydrogen-bond donors (Lipinski definition) is 1. The van der Waals surface area contributed by atoms with Crippen molar-refractivity contribution in [2.45, 2.75) is 43.9 Å². The van der Waals surface area contributed by atoms with E-state index < -0.39 is 24.2 Å². The number of nitrogens with two attached hydrogens (primary N) is 1. The first-order chi connectivity index (χ1) is 8.15. The van der Waals surface area contributed by atoms with Gasteiger partial charge in [-0.15, -0.1) is 0 Å². The molecule has 1 atom stereocenters. The van der Waals surface area contributed by atoms with Crippen molar-refractivity contribution in [3.05, 3.63) is 0 Å². The van der Waals surface area contributed by atoms with Crippen LogP contribution in [-0.4, -0.2) is 48.8 Å². The van der Waals surface area contributed by atoms with Gasteiger partial charge in [-0.25, -0.2) is 0 Å². The van der Waals surface area contributed by atoms with Crippen LogP contribution in [0.15, 0.2) is 0 Å². The van der Waals surface area contributed by atoms with E-state index in [1.165, 1.54) is 18.9 Å². The topological polar surface area (TPSA) is 55.6 Å². The van der Waals surface area contributed by atoms with E-state index in [2.05, 4.69) is 4.74 Å². The lowest BCUT2D eigenvalue weighted by Crippen LogP contribution is -2.49. The SMILES string of the molecule is COC(=O)C(C)(N)CCN(CC(F)(F)F)C1CC1. The van der Waals surface area contributed by atoms with E-state index in [9.17, 15) is 18.0 Å². The molecule has 1 saturated carbocycles. The van der Waals surface area contributed by atoms with Crippen molar-refractivity contribution in [2.24, 2.45) is 5.73 Å². The van der Waals surface area contributed by atoms with E-state index in [1.807, 2.05) is 0 Å². The summed E-state index contributed by atoms with van der Waals surface area (Å²) in [5, 5.41) is 0. The molecule has 1 rings (SSSR count). The number of carbonyl (C=O) groups is 1. The summed E-state index contributed by atoms with van der Waals surface area (Å²) >= 11 is 0. The fourth-order valence-corrected chi connectivity index (χ4v) is 1.77. The highest BCUT2D eigenvalue weighted by atomic mass is 19.4. The van der Waals surface area contributed by atoms with Gasteiger partial charge in [-0.05, 0) is 26.2 Å². The summed E-state index contributed by atoms with van der Waals surface area (Å²) in [6.07, 6.45) is -2.53. The summed E-state index contributed by atoms with van der Waals surface area (Å²) in [6, 6.07) is -0.0277. The zero-order valence-electron chi connectivity index (χ0n) is 10.6. The number of carbonyl (C=O) groups excluding carboxylic acids is 1. The molecule has 0 bridgehead atoms. The Bertz CT molecular complexity index is 301. The van der Waals surface area contributed by atoms with E-state index in [-0.39, 0.29) is 19.0 Å². The Labute approximate surface area is 104 Å². The van der Waals surface area contributed by atoms with Crippen molar-refractivity contribution >= 4 is 5.97 Å². The van der Waals surface area contributed by atoms with Gasteiger partial charge >= 0.3 is 12.1 Å². The second kappa shape index (κ2) is 5.44. The number of rotatable bonds is 6. The van der Waals surface area contributed by atoms with Crippen LogP contribution in [0.25, 0.3) is 0 Å². The van der Waals surface area contributed by atoms with Crippen LogP contribution in [0.2, 0.25) is 0 Å². The third kappa shape index (κ3) is 4.81. The largest absolute Gasteiger partial charge is 0.468 e. The molecule has 0 radical (unpaired) electrons. The molecule has 0 aromatic heterocycles. The molecule has 0 aromatic rings. The van der Waals surface area contributed by atoms with Gasteiger partial charge in [0.05, 0.1) is 13.7 Å². The number of methoxy groups -OCH3 is 1. The molecule has 1 aliphatic carbocycles. The van der Waals surface area contributed by atoms with Gasteiger partial charge in [0.25, 0.3) is 0 Å². The predicted octanol–water partition coefficient (Wildman–Crippen LogP) is 1.29. The maximum absolute atomic E-state index is 12.4. The standard InChI is InChI=1S/C11H19F3N2O2/c1-10(15,9(17)18-2)5-6-16(8-3-4-8)7-11(12,13)14/h8H,3-7,15H2,1-2H3. The summed E-state index contributed by atoms with van der Waals surface area (Å²) < 4.78 is 41.6. The minimum Gasteiger partial charge on any atom is -0.468 e. The molecule has 4 nitrogen and oxygen atoms in total.